The maximum absolute atomic E-state index is 3.42. The molecule has 0 atom stereocenters. The van der Waals surface area contributed by atoms with Crippen molar-refractivity contribution in [3.8, 4) is 0 Å². The summed E-state index contributed by atoms with van der Waals surface area (Å²) in [6.07, 6.45) is 4.31. The second kappa shape index (κ2) is 6.38. The van der Waals surface area contributed by atoms with E-state index in [4.69, 9.17) is 0 Å². The molecule has 0 aliphatic carbocycles. The van der Waals surface area contributed by atoms with Crippen LogP contribution in [-0.4, -0.2) is 6.54 Å². The predicted octanol–water partition coefficient (Wildman–Crippen LogP) is 3.86. The van der Waals surface area contributed by atoms with Gasteiger partial charge in [-0.15, -0.1) is 0 Å². The van der Waals surface area contributed by atoms with Crippen molar-refractivity contribution in [3.63, 3.8) is 0 Å². The Hall–Kier alpha value is -1.38. The van der Waals surface area contributed by atoms with Crippen LogP contribution in [0.5, 0.6) is 0 Å². The van der Waals surface area contributed by atoms with Crippen LogP contribution in [-0.2, 0) is 6.54 Å². The van der Waals surface area contributed by atoms with E-state index in [0.29, 0.717) is 0 Å². The molecule has 0 aliphatic heterocycles. The van der Waals surface area contributed by atoms with Gasteiger partial charge in [0, 0.05) is 13.1 Å². The van der Waals surface area contributed by atoms with Crippen molar-refractivity contribution >= 4 is 17.4 Å². The fraction of sp³-hybridized carbons (Fsp3) is 0.200. The van der Waals surface area contributed by atoms with E-state index in [1.807, 2.05) is 6.07 Å². The maximum Gasteiger partial charge on any atom is 0.0219 e. The molecule has 2 heteroatoms. The van der Waals surface area contributed by atoms with Gasteiger partial charge in [0.2, 0.25) is 0 Å². The summed E-state index contributed by atoms with van der Waals surface area (Å²) in [5, 5.41) is 7.82. The highest BCUT2D eigenvalue weighted by atomic mass is 32.1. The first-order valence-electron chi connectivity index (χ1n) is 5.80. The van der Waals surface area contributed by atoms with E-state index < -0.39 is 0 Å². The minimum Gasteiger partial charge on any atom is -0.309 e. The molecule has 88 valence electrons. The molecule has 2 rings (SSSR count). The lowest BCUT2D eigenvalue weighted by Gasteiger charge is -2.00. The fourth-order valence-electron chi connectivity index (χ4n) is 1.62. The Morgan fingerprint density at radius 1 is 1.18 bits per heavy atom. The third kappa shape index (κ3) is 3.84. The van der Waals surface area contributed by atoms with Gasteiger partial charge in [0.25, 0.3) is 0 Å². The average molecular weight is 243 g/mol. The largest absolute Gasteiger partial charge is 0.309 e. The summed E-state index contributed by atoms with van der Waals surface area (Å²) in [4.78, 5) is 0. The van der Waals surface area contributed by atoms with Crippen molar-refractivity contribution in [3.05, 3.63) is 63.9 Å². The summed E-state index contributed by atoms with van der Waals surface area (Å²) in [6.45, 7) is 4.02. The number of hydrogen-bond acceptors (Lipinski definition) is 2. The lowest BCUT2D eigenvalue weighted by molar-refractivity contribution is 0.760. The molecule has 0 radical (unpaired) electrons. The van der Waals surface area contributed by atoms with Gasteiger partial charge in [0.15, 0.2) is 0 Å². The molecule has 0 saturated heterocycles. The van der Waals surface area contributed by atoms with E-state index >= 15 is 0 Å². The van der Waals surface area contributed by atoms with E-state index in [1.165, 1.54) is 16.7 Å². The fourth-order valence-corrected chi connectivity index (χ4v) is 2.47. The first kappa shape index (κ1) is 12.1. The topological polar surface area (TPSA) is 12.0 Å². The first-order chi connectivity index (χ1) is 8.36. The van der Waals surface area contributed by atoms with Gasteiger partial charge in [-0.25, -0.2) is 0 Å². The van der Waals surface area contributed by atoms with Crippen LogP contribution in [0.2, 0.25) is 0 Å². The molecule has 0 amide bonds. The third-order valence-electron chi connectivity index (χ3n) is 2.65. The van der Waals surface area contributed by atoms with Crippen molar-refractivity contribution < 1.29 is 0 Å². The van der Waals surface area contributed by atoms with Crippen LogP contribution >= 0.6 is 11.3 Å². The van der Waals surface area contributed by atoms with Gasteiger partial charge in [-0.2, -0.15) is 11.3 Å². The number of aryl methyl sites for hydroxylation is 1. The molecule has 0 unspecified atom stereocenters. The molecular weight excluding hydrogens is 226 g/mol. The van der Waals surface area contributed by atoms with Crippen molar-refractivity contribution in [2.75, 3.05) is 6.54 Å². The summed E-state index contributed by atoms with van der Waals surface area (Å²) in [6, 6.07) is 10.4. The quantitative estimate of drug-likeness (QED) is 0.786. The second-order valence-electron chi connectivity index (χ2n) is 4.02. The molecule has 0 fully saturated rings. The third-order valence-corrected chi connectivity index (χ3v) is 3.56. The van der Waals surface area contributed by atoms with Gasteiger partial charge in [-0.05, 0) is 34.4 Å². The van der Waals surface area contributed by atoms with Gasteiger partial charge < -0.3 is 5.32 Å². The van der Waals surface area contributed by atoms with Gasteiger partial charge in [-0.3, -0.25) is 0 Å². The van der Waals surface area contributed by atoms with Crippen LogP contribution in [0.15, 0.2) is 47.2 Å². The number of rotatable bonds is 5. The highest BCUT2D eigenvalue weighted by molar-refractivity contribution is 7.08. The molecular formula is C15H17NS. The number of thiophene rings is 1. The molecule has 1 aromatic carbocycles. The molecule has 2 aromatic rings. The summed E-state index contributed by atoms with van der Waals surface area (Å²) in [5.74, 6) is 0. The zero-order valence-electron chi connectivity index (χ0n) is 10.0. The standard InChI is InChI=1S/C15H17NS/c1-13-11-17-12-15(13)10-16-9-5-8-14-6-3-2-4-7-14/h2-8,11-12,16H,9-10H2,1H3. The highest BCUT2D eigenvalue weighted by Crippen LogP contribution is 2.12. The van der Waals surface area contributed by atoms with Crippen molar-refractivity contribution in [1.82, 2.24) is 5.32 Å². The van der Waals surface area contributed by atoms with Crippen molar-refractivity contribution in [2.45, 2.75) is 13.5 Å². The predicted molar refractivity (Wildman–Crippen MR) is 76.2 cm³/mol. The summed E-state index contributed by atoms with van der Waals surface area (Å²) >= 11 is 1.77. The van der Waals surface area contributed by atoms with Gasteiger partial charge in [0.05, 0.1) is 0 Å². The van der Waals surface area contributed by atoms with E-state index in [1.54, 1.807) is 11.3 Å². The van der Waals surface area contributed by atoms with Crippen LogP contribution in [0.1, 0.15) is 16.7 Å². The Bertz CT molecular complexity index is 471. The second-order valence-corrected chi connectivity index (χ2v) is 4.77. The van der Waals surface area contributed by atoms with Crippen molar-refractivity contribution in [2.24, 2.45) is 0 Å². The molecule has 1 aromatic heterocycles. The van der Waals surface area contributed by atoms with E-state index in [0.717, 1.165) is 13.1 Å². The smallest absolute Gasteiger partial charge is 0.0219 e. The zero-order chi connectivity index (χ0) is 11.9. The Kier molecular flexibility index (Phi) is 4.54. The molecule has 1 heterocycles. The molecule has 17 heavy (non-hydrogen) atoms. The normalized spacial score (nSPS) is 11.1. The Labute approximate surface area is 107 Å². The number of nitrogens with one attached hydrogen (secondary N) is 1. The van der Waals surface area contributed by atoms with Crippen LogP contribution in [0, 0.1) is 6.92 Å². The van der Waals surface area contributed by atoms with Crippen molar-refractivity contribution in [1.29, 1.82) is 0 Å². The summed E-state index contributed by atoms with van der Waals surface area (Å²) in [5.41, 5.74) is 4.04. The molecule has 0 bridgehead atoms. The first-order valence-corrected chi connectivity index (χ1v) is 6.74. The number of hydrogen-bond donors (Lipinski definition) is 1. The Morgan fingerprint density at radius 2 is 2.00 bits per heavy atom. The minimum absolute atomic E-state index is 0.907. The van der Waals surface area contributed by atoms with Crippen LogP contribution in [0.4, 0.5) is 0 Å². The molecule has 1 N–H and O–H groups in total. The van der Waals surface area contributed by atoms with E-state index in [-0.39, 0.29) is 0 Å². The van der Waals surface area contributed by atoms with Crippen LogP contribution < -0.4 is 5.32 Å². The van der Waals surface area contributed by atoms with Crippen LogP contribution in [0.25, 0.3) is 6.08 Å². The minimum atomic E-state index is 0.907. The SMILES string of the molecule is Cc1cscc1CNCC=Cc1ccccc1. The Balaban J connectivity index is 1.74. The molecule has 0 saturated carbocycles. The van der Waals surface area contributed by atoms with Gasteiger partial charge in [0.1, 0.15) is 0 Å². The van der Waals surface area contributed by atoms with Gasteiger partial charge in [-0.1, -0.05) is 42.5 Å². The molecule has 0 spiro atoms. The highest BCUT2D eigenvalue weighted by Gasteiger charge is 1.96. The number of benzene rings is 1. The maximum atomic E-state index is 3.42. The summed E-state index contributed by atoms with van der Waals surface area (Å²) in [7, 11) is 0. The zero-order valence-corrected chi connectivity index (χ0v) is 10.8. The van der Waals surface area contributed by atoms with E-state index in [2.05, 4.69) is 59.4 Å². The summed E-state index contributed by atoms with van der Waals surface area (Å²) < 4.78 is 0. The lowest BCUT2D eigenvalue weighted by Crippen LogP contribution is -2.12. The Morgan fingerprint density at radius 3 is 2.71 bits per heavy atom. The van der Waals surface area contributed by atoms with Crippen LogP contribution in [0.3, 0.4) is 0 Å². The monoisotopic (exact) mass is 243 g/mol. The lowest BCUT2D eigenvalue weighted by atomic mass is 10.2. The average Bonchev–Trinajstić information content (AvgIpc) is 2.76. The van der Waals surface area contributed by atoms with Gasteiger partial charge >= 0.3 is 0 Å². The molecule has 1 nitrogen and oxygen atoms in total. The molecule has 0 aliphatic rings. The van der Waals surface area contributed by atoms with E-state index in [9.17, 15) is 0 Å².